The lowest BCUT2D eigenvalue weighted by molar-refractivity contribution is 0.102. The molecule has 2 saturated heterocycles. The Kier molecular flexibility index (Phi) is 5.19. The molecule has 142 valence electrons. The van der Waals surface area contributed by atoms with E-state index in [0.717, 1.165) is 37.6 Å². The Labute approximate surface area is 160 Å². The van der Waals surface area contributed by atoms with Gasteiger partial charge in [0, 0.05) is 37.4 Å². The molecule has 0 atom stereocenters. The normalized spacial score (nSPS) is 16.6. The van der Waals surface area contributed by atoms with Crippen molar-refractivity contribution in [3.05, 3.63) is 48.0 Å². The predicted octanol–water partition coefficient (Wildman–Crippen LogP) is 4.15. The molecule has 0 radical (unpaired) electrons. The molecular weight excluding hydrogens is 338 g/mol. The van der Waals surface area contributed by atoms with Crippen LogP contribution in [-0.4, -0.2) is 39.2 Å². The molecule has 2 aromatic rings. The molecule has 27 heavy (non-hydrogen) atoms. The Morgan fingerprint density at radius 3 is 2.33 bits per heavy atom. The standard InChI is InChI=1S/C22H27N3O2/c1-27-19-8-6-7-17(15-19)22(26)23-20-16-18(24-11-2-3-12-24)9-10-21(20)25-13-4-5-14-25/h6-10,15-16H,2-5,11-14H2,1H3,(H,23,26). The Hall–Kier alpha value is -2.69. The van der Waals surface area contributed by atoms with Gasteiger partial charge in [-0.05, 0) is 62.1 Å². The summed E-state index contributed by atoms with van der Waals surface area (Å²) in [5.74, 6) is 0.584. The van der Waals surface area contributed by atoms with Crippen molar-refractivity contribution >= 4 is 23.0 Å². The van der Waals surface area contributed by atoms with E-state index in [9.17, 15) is 4.79 Å². The minimum atomic E-state index is -0.104. The van der Waals surface area contributed by atoms with Gasteiger partial charge in [0.25, 0.3) is 5.91 Å². The molecule has 2 heterocycles. The fourth-order valence-electron chi connectivity index (χ4n) is 3.99. The first-order chi connectivity index (χ1) is 13.2. The lowest BCUT2D eigenvalue weighted by Gasteiger charge is -2.25. The first kappa shape index (κ1) is 17.7. The summed E-state index contributed by atoms with van der Waals surface area (Å²) in [7, 11) is 1.61. The highest BCUT2D eigenvalue weighted by Gasteiger charge is 2.20. The summed E-state index contributed by atoms with van der Waals surface area (Å²) in [6.07, 6.45) is 4.88. The molecule has 2 fully saturated rings. The smallest absolute Gasteiger partial charge is 0.255 e. The van der Waals surface area contributed by atoms with E-state index < -0.39 is 0 Å². The number of anilines is 3. The molecule has 0 aromatic heterocycles. The van der Waals surface area contributed by atoms with Crippen LogP contribution in [0.2, 0.25) is 0 Å². The summed E-state index contributed by atoms with van der Waals surface area (Å²) in [5.41, 5.74) is 3.81. The van der Waals surface area contributed by atoms with Crippen molar-refractivity contribution < 1.29 is 9.53 Å². The van der Waals surface area contributed by atoms with Crippen LogP contribution in [0, 0.1) is 0 Å². The minimum absolute atomic E-state index is 0.104. The van der Waals surface area contributed by atoms with Gasteiger partial charge in [0.15, 0.2) is 0 Å². The molecule has 0 spiro atoms. The van der Waals surface area contributed by atoms with Gasteiger partial charge >= 0.3 is 0 Å². The van der Waals surface area contributed by atoms with Crippen LogP contribution >= 0.6 is 0 Å². The van der Waals surface area contributed by atoms with Crippen molar-refractivity contribution in [2.75, 3.05) is 48.4 Å². The number of ether oxygens (including phenoxy) is 1. The Morgan fingerprint density at radius 1 is 0.926 bits per heavy atom. The highest BCUT2D eigenvalue weighted by molar-refractivity contribution is 6.06. The van der Waals surface area contributed by atoms with E-state index in [1.165, 1.54) is 31.4 Å². The lowest BCUT2D eigenvalue weighted by Crippen LogP contribution is -2.23. The van der Waals surface area contributed by atoms with Gasteiger partial charge in [-0.1, -0.05) is 6.07 Å². The molecule has 5 nitrogen and oxygen atoms in total. The van der Waals surface area contributed by atoms with E-state index in [4.69, 9.17) is 4.74 Å². The second-order valence-corrected chi connectivity index (χ2v) is 7.28. The molecule has 0 bridgehead atoms. The molecule has 1 amide bonds. The summed E-state index contributed by atoms with van der Waals surface area (Å²) in [5, 5.41) is 3.16. The molecule has 4 rings (SSSR count). The van der Waals surface area contributed by atoms with Gasteiger partial charge in [-0.2, -0.15) is 0 Å². The van der Waals surface area contributed by atoms with Crippen molar-refractivity contribution in [3.8, 4) is 5.75 Å². The zero-order valence-electron chi connectivity index (χ0n) is 15.9. The van der Waals surface area contributed by atoms with Crippen molar-refractivity contribution in [2.45, 2.75) is 25.7 Å². The number of amides is 1. The molecule has 0 saturated carbocycles. The quantitative estimate of drug-likeness (QED) is 0.865. The maximum Gasteiger partial charge on any atom is 0.255 e. The minimum Gasteiger partial charge on any atom is -0.497 e. The topological polar surface area (TPSA) is 44.8 Å². The van der Waals surface area contributed by atoms with E-state index in [2.05, 4.69) is 33.3 Å². The maximum absolute atomic E-state index is 12.9. The van der Waals surface area contributed by atoms with Crippen LogP contribution in [0.5, 0.6) is 5.75 Å². The predicted molar refractivity (Wildman–Crippen MR) is 110 cm³/mol. The second kappa shape index (κ2) is 7.91. The van der Waals surface area contributed by atoms with E-state index >= 15 is 0 Å². The fourth-order valence-corrected chi connectivity index (χ4v) is 3.99. The second-order valence-electron chi connectivity index (χ2n) is 7.28. The highest BCUT2D eigenvalue weighted by Crippen LogP contribution is 2.34. The van der Waals surface area contributed by atoms with Crippen molar-refractivity contribution in [1.29, 1.82) is 0 Å². The van der Waals surface area contributed by atoms with E-state index in [-0.39, 0.29) is 5.91 Å². The zero-order valence-corrected chi connectivity index (χ0v) is 15.9. The van der Waals surface area contributed by atoms with Crippen LogP contribution in [0.4, 0.5) is 17.1 Å². The summed E-state index contributed by atoms with van der Waals surface area (Å²) in [6.45, 7) is 4.27. The summed E-state index contributed by atoms with van der Waals surface area (Å²) >= 11 is 0. The molecule has 0 aliphatic carbocycles. The molecule has 2 aromatic carbocycles. The van der Waals surface area contributed by atoms with Gasteiger partial charge in [-0.15, -0.1) is 0 Å². The SMILES string of the molecule is COc1cccc(C(=O)Nc2cc(N3CCCC3)ccc2N2CCCC2)c1. The van der Waals surface area contributed by atoms with Gasteiger partial charge in [0.1, 0.15) is 5.75 Å². The van der Waals surface area contributed by atoms with Crippen LogP contribution in [-0.2, 0) is 0 Å². The number of benzene rings is 2. The summed E-state index contributed by atoms with van der Waals surface area (Å²) < 4.78 is 5.25. The van der Waals surface area contributed by atoms with Gasteiger partial charge in [-0.25, -0.2) is 0 Å². The largest absolute Gasteiger partial charge is 0.497 e. The van der Waals surface area contributed by atoms with Crippen LogP contribution in [0.3, 0.4) is 0 Å². The Bertz CT molecular complexity index is 809. The number of hydrogen-bond donors (Lipinski definition) is 1. The average Bonchev–Trinajstić information content (AvgIpc) is 3.42. The van der Waals surface area contributed by atoms with Gasteiger partial charge in [0.2, 0.25) is 0 Å². The van der Waals surface area contributed by atoms with Crippen LogP contribution in [0.1, 0.15) is 36.0 Å². The molecular formula is C22H27N3O2. The highest BCUT2D eigenvalue weighted by atomic mass is 16.5. The number of methoxy groups -OCH3 is 1. The molecule has 5 heteroatoms. The number of hydrogen-bond acceptors (Lipinski definition) is 4. The van der Waals surface area contributed by atoms with Gasteiger partial charge in [-0.3, -0.25) is 4.79 Å². The first-order valence-corrected chi connectivity index (χ1v) is 9.84. The number of rotatable bonds is 5. The number of nitrogens with one attached hydrogen (secondary N) is 1. The third-order valence-electron chi connectivity index (χ3n) is 5.48. The van der Waals surface area contributed by atoms with Crippen molar-refractivity contribution in [1.82, 2.24) is 0 Å². The van der Waals surface area contributed by atoms with Crippen molar-refractivity contribution in [3.63, 3.8) is 0 Å². The van der Waals surface area contributed by atoms with Gasteiger partial charge in [0.05, 0.1) is 18.5 Å². The van der Waals surface area contributed by atoms with Crippen LogP contribution in [0.25, 0.3) is 0 Å². The van der Waals surface area contributed by atoms with E-state index in [1.807, 2.05) is 18.2 Å². The summed E-state index contributed by atoms with van der Waals surface area (Å²) in [6, 6.07) is 13.8. The average molecular weight is 365 g/mol. The fraction of sp³-hybridized carbons (Fsp3) is 0.409. The number of carbonyl (C=O) groups excluding carboxylic acids is 1. The third kappa shape index (κ3) is 3.87. The molecule has 0 unspecified atom stereocenters. The number of nitrogens with zero attached hydrogens (tertiary/aromatic N) is 2. The van der Waals surface area contributed by atoms with Crippen LogP contribution < -0.4 is 19.9 Å². The molecule has 1 N–H and O–H groups in total. The van der Waals surface area contributed by atoms with Crippen molar-refractivity contribution in [2.24, 2.45) is 0 Å². The maximum atomic E-state index is 12.9. The third-order valence-corrected chi connectivity index (χ3v) is 5.48. The first-order valence-electron chi connectivity index (χ1n) is 9.84. The zero-order chi connectivity index (χ0) is 18.6. The van der Waals surface area contributed by atoms with Gasteiger partial charge < -0.3 is 19.9 Å². The summed E-state index contributed by atoms with van der Waals surface area (Å²) in [4.78, 5) is 17.7. The molecule has 2 aliphatic heterocycles. The lowest BCUT2D eigenvalue weighted by atomic mass is 10.1. The van der Waals surface area contributed by atoms with E-state index in [1.54, 1.807) is 13.2 Å². The Morgan fingerprint density at radius 2 is 1.63 bits per heavy atom. The number of carbonyl (C=O) groups is 1. The monoisotopic (exact) mass is 365 g/mol. The Balaban J connectivity index is 1.63. The van der Waals surface area contributed by atoms with E-state index in [0.29, 0.717) is 11.3 Å². The molecule has 2 aliphatic rings. The van der Waals surface area contributed by atoms with Crippen LogP contribution in [0.15, 0.2) is 42.5 Å².